The molecule has 1 atom stereocenters. The summed E-state index contributed by atoms with van der Waals surface area (Å²) in [6.07, 6.45) is 1.59. The van der Waals surface area contributed by atoms with Gasteiger partial charge in [-0.05, 0) is 34.4 Å². The van der Waals surface area contributed by atoms with Crippen LogP contribution in [0.2, 0.25) is 0 Å². The monoisotopic (exact) mass is 285 g/mol. The van der Waals surface area contributed by atoms with Gasteiger partial charge >= 0.3 is 0 Å². The lowest BCUT2D eigenvalue weighted by Gasteiger charge is -2.17. The van der Waals surface area contributed by atoms with Crippen LogP contribution in [0.5, 0.6) is 0 Å². The summed E-state index contributed by atoms with van der Waals surface area (Å²) in [5, 5.41) is 2.57. The molecule has 1 amide bonds. The molecule has 0 aliphatic carbocycles. The molecule has 0 saturated carbocycles. The average molecular weight is 285 g/mol. The SMILES string of the molecule is O=C1CC(CS)CN1CCc1cccc2ccccc12. The van der Waals surface area contributed by atoms with Crippen molar-refractivity contribution in [2.45, 2.75) is 12.8 Å². The summed E-state index contributed by atoms with van der Waals surface area (Å²) in [7, 11) is 0. The van der Waals surface area contributed by atoms with E-state index in [0.717, 1.165) is 25.3 Å². The normalized spacial score (nSPS) is 18.9. The van der Waals surface area contributed by atoms with Crippen LogP contribution in [0, 0.1) is 5.92 Å². The molecule has 1 unspecified atom stereocenters. The van der Waals surface area contributed by atoms with Crippen molar-refractivity contribution in [3.63, 3.8) is 0 Å². The van der Waals surface area contributed by atoms with Crippen molar-refractivity contribution in [1.82, 2.24) is 4.90 Å². The molecule has 3 heteroatoms. The largest absolute Gasteiger partial charge is 0.342 e. The number of rotatable bonds is 4. The first-order valence-electron chi connectivity index (χ1n) is 7.13. The van der Waals surface area contributed by atoms with Crippen LogP contribution in [0.25, 0.3) is 10.8 Å². The van der Waals surface area contributed by atoms with E-state index in [9.17, 15) is 4.79 Å². The Balaban J connectivity index is 1.73. The molecule has 2 aromatic rings. The van der Waals surface area contributed by atoms with E-state index >= 15 is 0 Å². The molecule has 0 radical (unpaired) electrons. The van der Waals surface area contributed by atoms with E-state index in [1.807, 2.05) is 4.90 Å². The lowest BCUT2D eigenvalue weighted by molar-refractivity contribution is -0.127. The van der Waals surface area contributed by atoms with Crippen LogP contribution in [0.15, 0.2) is 42.5 Å². The Labute approximate surface area is 125 Å². The Bertz CT molecular complexity index is 620. The van der Waals surface area contributed by atoms with Gasteiger partial charge in [0.15, 0.2) is 0 Å². The van der Waals surface area contributed by atoms with Crippen molar-refractivity contribution < 1.29 is 4.79 Å². The van der Waals surface area contributed by atoms with Crippen molar-refractivity contribution >= 4 is 29.3 Å². The summed E-state index contributed by atoms with van der Waals surface area (Å²) < 4.78 is 0. The van der Waals surface area contributed by atoms with Crippen LogP contribution < -0.4 is 0 Å². The highest BCUT2D eigenvalue weighted by Crippen LogP contribution is 2.22. The predicted octanol–water partition coefficient (Wildman–Crippen LogP) is 3.16. The van der Waals surface area contributed by atoms with E-state index in [4.69, 9.17) is 0 Å². The topological polar surface area (TPSA) is 20.3 Å². The van der Waals surface area contributed by atoms with E-state index in [1.54, 1.807) is 0 Å². The zero-order valence-electron chi connectivity index (χ0n) is 11.5. The number of amides is 1. The fourth-order valence-corrected chi connectivity index (χ4v) is 3.20. The van der Waals surface area contributed by atoms with Crippen LogP contribution in [-0.2, 0) is 11.2 Å². The number of carbonyl (C=O) groups is 1. The minimum absolute atomic E-state index is 0.282. The summed E-state index contributed by atoms with van der Waals surface area (Å²) in [5.41, 5.74) is 1.32. The fourth-order valence-electron chi connectivity index (χ4n) is 2.96. The molecule has 3 rings (SSSR count). The van der Waals surface area contributed by atoms with Crippen LogP contribution in [-0.4, -0.2) is 29.6 Å². The van der Waals surface area contributed by atoms with Gasteiger partial charge in [-0.1, -0.05) is 42.5 Å². The highest BCUT2D eigenvalue weighted by atomic mass is 32.1. The third-order valence-electron chi connectivity index (χ3n) is 4.08. The molecule has 1 aliphatic rings. The van der Waals surface area contributed by atoms with Crippen LogP contribution in [0.4, 0.5) is 0 Å². The van der Waals surface area contributed by atoms with Gasteiger partial charge in [-0.15, -0.1) is 0 Å². The molecule has 0 bridgehead atoms. The van der Waals surface area contributed by atoms with Crippen molar-refractivity contribution in [3.8, 4) is 0 Å². The third-order valence-corrected chi connectivity index (χ3v) is 4.60. The lowest BCUT2D eigenvalue weighted by atomic mass is 10.0. The van der Waals surface area contributed by atoms with Gasteiger partial charge in [0.05, 0.1) is 0 Å². The van der Waals surface area contributed by atoms with E-state index in [2.05, 4.69) is 55.1 Å². The molecule has 0 aromatic heterocycles. The standard InChI is InChI=1S/C17H19NOS/c19-17-10-13(12-20)11-18(17)9-8-15-6-3-5-14-4-1-2-7-16(14)15/h1-7,13,20H,8-12H2. The highest BCUT2D eigenvalue weighted by Gasteiger charge is 2.27. The maximum Gasteiger partial charge on any atom is 0.222 e. The van der Waals surface area contributed by atoms with Crippen molar-refractivity contribution in [2.24, 2.45) is 5.92 Å². The smallest absolute Gasteiger partial charge is 0.222 e. The molecule has 0 spiro atoms. The van der Waals surface area contributed by atoms with Gasteiger partial charge in [-0.25, -0.2) is 0 Å². The Morgan fingerprint density at radius 1 is 1.15 bits per heavy atom. The number of hydrogen-bond donors (Lipinski definition) is 1. The minimum Gasteiger partial charge on any atom is -0.342 e. The number of hydrogen-bond acceptors (Lipinski definition) is 2. The lowest BCUT2D eigenvalue weighted by Crippen LogP contribution is -2.27. The van der Waals surface area contributed by atoms with E-state index in [-0.39, 0.29) is 5.91 Å². The average Bonchev–Trinajstić information content (AvgIpc) is 2.85. The highest BCUT2D eigenvalue weighted by molar-refractivity contribution is 7.80. The van der Waals surface area contributed by atoms with E-state index in [0.29, 0.717) is 12.3 Å². The van der Waals surface area contributed by atoms with Crippen molar-refractivity contribution in [1.29, 1.82) is 0 Å². The Morgan fingerprint density at radius 2 is 1.95 bits per heavy atom. The van der Waals surface area contributed by atoms with Crippen molar-refractivity contribution in [3.05, 3.63) is 48.0 Å². The number of fused-ring (bicyclic) bond motifs is 1. The zero-order chi connectivity index (χ0) is 13.9. The Morgan fingerprint density at radius 3 is 2.75 bits per heavy atom. The number of benzene rings is 2. The van der Waals surface area contributed by atoms with Gasteiger partial charge in [-0.3, -0.25) is 4.79 Å². The summed E-state index contributed by atoms with van der Waals surface area (Å²) in [6, 6.07) is 14.8. The summed E-state index contributed by atoms with van der Waals surface area (Å²) in [6.45, 7) is 1.68. The molecule has 2 aromatic carbocycles. The number of thiol groups is 1. The summed E-state index contributed by atoms with van der Waals surface area (Å²) in [5.74, 6) is 1.51. The summed E-state index contributed by atoms with van der Waals surface area (Å²) >= 11 is 4.30. The first kappa shape index (κ1) is 13.5. The second-order valence-electron chi connectivity index (χ2n) is 5.48. The molecule has 20 heavy (non-hydrogen) atoms. The molecular formula is C17H19NOS. The van der Waals surface area contributed by atoms with Gasteiger partial charge < -0.3 is 4.90 Å². The van der Waals surface area contributed by atoms with E-state index in [1.165, 1.54) is 16.3 Å². The van der Waals surface area contributed by atoms with Crippen molar-refractivity contribution in [2.75, 3.05) is 18.8 Å². The van der Waals surface area contributed by atoms with Gasteiger partial charge in [0.2, 0.25) is 5.91 Å². The molecule has 0 N–H and O–H groups in total. The maximum absolute atomic E-state index is 11.9. The minimum atomic E-state index is 0.282. The Kier molecular flexibility index (Phi) is 3.97. The Hall–Kier alpha value is -1.48. The molecule has 1 heterocycles. The van der Waals surface area contributed by atoms with Crippen LogP contribution >= 0.6 is 12.6 Å². The first-order chi connectivity index (χ1) is 9.78. The van der Waals surface area contributed by atoms with Gasteiger partial charge in [0.1, 0.15) is 0 Å². The number of carbonyl (C=O) groups excluding carboxylic acids is 1. The van der Waals surface area contributed by atoms with E-state index < -0.39 is 0 Å². The summed E-state index contributed by atoms with van der Waals surface area (Å²) in [4.78, 5) is 13.9. The number of likely N-dealkylation sites (tertiary alicyclic amines) is 1. The quantitative estimate of drug-likeness (QED) is 0.856. The zero-order valence-corrected chi connectivity index (χ0v) is 12.4. The second kappa shape index (κ2) is 5.88. The third kappa shape index (κ3) is 2.68. The van der Waals surface area contributed by atoms with Gasteiger partial charge in [0, 0.05) is 19.5 Å². The number of nitrogens with zero attached hydrogens (tertiary/aromatic N) is 1. The molecule has 104 valence electrons. The fraction of sp³-hybridized carbons (Fsp3) is 0.353. The molecular weight excluding hydrogens is 266 g/mol. The van der Waals surface area contributed by atoms with Crippen LogP contribution in [0.1, 0.15) is 12.0 Å². The van der Waals surface area contributed by atoms with Gasteiger partial charge in [0.25, 0.3) is 0 Å². The molecule has 1 fully saturated rings. The maximum atomic E-state index is 11.9. The van der Waals surface area contributed by atoms with Crippen LogP contribution in [0.3, 0.4) is 0 Å². The molecule has 1 saturated heterocycles. The first-order valence-corrected chi connectivity index (χ1v) is 7.76. The van der Waals surface area contributed by atoms with Gasteiger partial charge in [-0.2, -0.15) is 12.6 Å². The predicted molar refractivity (Wildman–Crippen MR) is 86.2 cm³/mol. The molecule has 1 aliphatic heterocycles. The molecule has 2 nitrogen and oxygen atoms in total. The second-order valence-corrected chi connectivity index (χ2v) is 5.85.